The summed E-state index contributed by atoms with van der Waals surface area (Å²) < 4.78 is 0. The second kappa shape index (κ2) is 5.50. The molecule has 0 bridgehead atoms. The minimum atomic E-state index is -0.112. The molecule has 2 amide bonds. The number of piperidine rings is 1. The number of nitrogens with zero attached hydrogens (tertiary/aromatic N) is 3. The molecule has 1 aliphatic rings. The zero-order chi connectivity index (χ0) is 13.0. The Kier molecular flexibility index (Phi) is 3.78. The normalized spacial score (nSPS) is 16.1. The van der Waals surface area contributed by atoms with E-state index in [0.717, 1.165) is 25.9 Å². The highest BCUT2D eigenvalue weighted by Gasteiger charge is 2.20. The molecule has 0 saturated carbocycles. The number of anilines is 1. The molecule has 1 aliphatic heterocycles. The van der Waals surface area contributed by atoms with E-state index in [1.54, 1.807) is 17.0 Å². The van der Waals surface area contributed by atoms with Crippen LogP contribution in [0.4, 0.5) is 10.6 Å². The second-order valence-corrected chi connectivity index (χ2v) is 4.64. The van der Waals surface area contributed by atoms with Crippen LogP contribution in [0.2, 0.25) is 0 Å². The maximum Gasteiger partial charge on any atom is 0.323 e. The lowest BCUT2D eigenvalue weighted by molar-refractivity contribution is 0.186. The number of aromatic nitrogens is 1. The number of carbonyl (C=O) groups is 1. The van der Waals surface area contributed by atoms with E-state index in [0.29, 0.717) is 17.3 Å². The lowest BCUT2D eigenvalue weighted by Crippen LogP contribution is -2.40. The topological polar surface area (TPSA) is 69.0 Å². The molecule has 0 radical (unpaired) electrons. The standard InChI is InChI=1S/C13H16N4O/c1-10-4-6-17(7-5-10)13(18)16-12-3-2-11(8-14)9-15-12/h2-3,9-10H,4-7H2,1H3,(H,15,16,18). The molecule has 0 unspecified atom stereocenters. The van der Waals surface area contributed by atoms with E-state index in [9.17, 15) is 4.79 Å². The van der Waals surface area contributed by atoms with Crippen molar-refractivity contribution >= 4 is 11.8 Å². The van der Waals surface area contributed by atoms with Crippen molar-refractivity contribution in [2.75, 3.05) is 18.4 Å². The smallest absolute Gasteiger partial charge is 0.323 e. The number of hydrogen-bond acceptors (Lipinski definition) is 3. The Morgan fingerprint density at radius 1 is 1.50 bits per heavy atom. The molecule has 1 aromatic heterocycles. The molecule has 1 saturated heterocycles. The third-order valence-corrected chi connectivity index (χ3v) is 3.20. The van der Waals surface area contributed by atoms with Gasteiger partial charge in [-0.3, -0.25) is 5.32 Å². The SMILES string of the molecule is CC1CCN(C(=O)Nc2ccc(C#N)cn2)CC1. The summed E-state index contributed by atoms with van der Waals surface area (Å²) in [6.07, 6.45) is 3.55. The zero-order valence-corrected chi connectivity index (χ0v) is 10.4. The minimum absolute atomic E-state index is 0.112. The molecular formula is C13H16N4O. The molecular weight excluding hydrogens is 228 g/mol. The molecule has 1 N–H and O–H groups in total. The Bertz CT molecular complexity index is 455. The van der Waals surface area contributed by atoms with E-state index < -0.39 is 0 Å². The van der Waals surface area contributed by atoms with Crippen LogP contribution in [-0.4, -0.2) is 29.0 Å². The molecule has 1 aromatic rings. The summed E-state index contributed by atoms with van der Waals surface area (Å²) in [7, 11) is 0. The van der Waals surface area contributed by atoms with Crippen LogP contribution in [-0.2, 0) is 0 Å². The van der Waals surface area contributed by atoms with Crippen LogP contribution in [0.1, 0.15) is 25.3 Å². The third kappa shape index (κ3) is 2.98. The van der Waals surface area contributed by atoms with Crippen LogP contribution in [0.5, 0.6) is 0 Å². The number of urea groups is 1. The largest absolute Gasteiger partial charge is 0.324 e. The number of pyridine rings is 1. The molecule has 0 aromatic carbocycles. The molecule has 0 spiro atoms. The third-order valence-electron chi connectivity index (χ3n) is 3.20. The van der Waals surface area contributed by atoms with Crippen LogP contribution in [0.25, 0.3) is 0 Å². The average Bonchev–Trinajstić information content (AvgIpc) is 2.40. The van der Waals surface area contributed by atoms with Crippen molar-refractivity contribution in [3.05, 3.63) is 23.9 Å². The highest BCUT2D eigenvalue weighted by molar-refractivity contribution is 5.88. The summed E-state index contributed by atoms with van der Waals surface area (Å²) in [5.41, 5.74) is 0.486. The van der Waals surface area contributed by atoms with Gasteiger partial charge >= 0.3 is 6.03 Å². The van der Waals surface area contributed by atoms with Crippen molar-refractivity contribution < 1.29 is 4.79 Å². The van der Waals surface area contributed by atoms with E-state index in [4.69, 9.17) is 5.26 Å². The maximum absolute atomic E-state index is 11.9. The maximum atomic E-state index is 11.9. The quantitative estimate of drug-likeness (QED) is 0.823. The van der Waals surface area contributed by atoms with Crippen molar-refractivity contribution in [2.24, 2.45) is 5.92 Å². The van der Waals surface area contributed by atoms with Crippen molar-refractivity contribution in [3.8, 4) is 6.07 Å². The molecule has 94 valence electrons. The number of carbonyl (C=O) groups excluding carboxylic acids is 1. The van der Waals surface area contributed by atoms with E-state index >= 15 is 0 Å². The summed E-state index contributed by atoms with van der Waals surface area (Å²) >= 11 is 0. The first-order valence-corrected chi connectivity index (χ1v) is 6.11. The van der Waals surface area contributed by atoms with Gasteiger partial charge in [0.2, 0.25) is 0 Å². The van der Waals surface area contributed by atoms with Gasteiger partial charge in [0.15, 0.2) is 0 Å². The number of likely N-dealkylation sites (tertiary alicyclic amines) is 1. The molecule has 5 nitrogen and oxygen atoms in total. The van der Waals surface area contributed by atoms with Gasteiger partial charge in [0.25, 0.3) is 0 Å². The van der Waals surface area contributed by atoms with Gasteiger partial charge < -0.3 is 4.90 Å². The Labute approximate surface area is 106 Å². The first-order valence-electron chi connectivity index (χ1n) is 6.11. The van der Waals surface area contributed by atoms with Gasteiger partial charge in [-0.2, -0.15) is 5.26 Å². The van der Waals surface area contributed by atoms with Gasteiger partial charge in [-0.1, -0.05) is 6.92 Å². The number of rotatable bonds is 1. The predicted octanol–water partition coefficient (Wildman–Crippen LogP) is 2.22. The number of nitrogens with one attached hydrogen (secondary N) is 1. The zero-order valence-electron chi connectivity index (χ0n) is 10.4. The molecule has 2 heterocycles. The van der Waals surface area contributed by atoms with E-state index in [-0.39, 0.29) is 6.03 Å². The first kappa shape index (κ1) is 12.4. The van der Waals surface area contributed by atoms with Gasteiger partial charge in [0.1, 0.15) is 11.9 Å². The summed E-state index contributed by atoms with van der Waals surface area (Å²) in [4.78, 5) is 17.8. The monoisotopic (exact) mass is 244 g/mol. The lowest BCUT2D eigenvalue weighted by Gasteiger charge is -2.30. The van der Waals surface area contributed by atoms with Crippen LogP contribution < -0.4 is 5.32 Å². The van der Waals surface area contributed by atoms with Crippen LogP contribution >= 0.6 is 0 Å². The van der Waals surface area contributed by atoms with Crippen LogP contribution in [0.15, 0.2) is 18.3 Å². The van der Waals surface area contributed by atoms with Crippen molar-refractivity contribution in [1.29, 1.82) is 5.26 Å². The second-order valence-electron chi connectivity index (χ2n) is 4.64. The highest BCUT2D eigenvalue weighted by atomic mass is 16.2. The van der Waals surface area contributed by atoms with Crippen molar-refractivity contribution in [2.45, 2.75) is 19.8 Å². The number of amides is 2. The Hall–Kier alpha value is -2.09. The molecule has 1 fully saturated rings. The number of nitriles is 1. The van der Waals surface area contributed by atoms with Gasteiger partial charge in [-0.05, 0) is 30.9 Å². The van der Waals surface area contributed by atoms with E-state index in [1.807, 2.05) is 6.07 Å². The Morgan fingerprint density at radius 3 is 2.78 bits per heavy atom. The molecule has 5 heteroatoms. The van der Waals surface area contributed by atoms with E-state index in [1.165, 1.54) is 6.20 Å². The summed E-state index contributed by atoms with van der Waals surface area (Å²) in [6, 6.07) is 5.16. The summed E-state index contributed by atoms with van der Waals surface area (Å²) in [6.45, 7) is 3.80. The fourth-order valence-electron chi connectivity index (χ4n) is 1.93. The molecule has 2 rings (SSSR count). The van der Waals surface area contributed by atoms with Gasteiger partial charge in [0, 0.05) is 19.3 Å². The minimum Gasteiger partial charge on any atom is -0.324 e. The van der Waals surface area contributed by atoms with Crippen molar-refractivity contribution in [1.82, 2.24) is 9.88 Å². The predicted molar refractivity (Wildman–Crippen MR) is 67.9 cm³/mol. The summed E-state index contributed by atoms with van der Waals surface area (Å²) in [5, 5.41) is 11.4. The fourth-order valence-corrected chi connectivity index (χ4v) is 1.93. The van der Waals surface area contributed by atoms with Crippen molar-refractivity contribution in [3.63, 3.8) is 0 Å². The van der Waals surface area contributed by atoms with Gasteiger partial charge in [-0.15, -0.1) is 0 Å². The first-order chi connectivity index (χ1) is 8.69. The summed E-state index contributed by atoms with van der Waals surface area (Å²) in [5.74, 6) is 1.18. The van der Waals surface area contributed by atoms with Gasteiger partial charge in [-0.25, -0.2) is 9.78 Å². The fraction of sp³-hybridized carbons (Fsp3) is 0.462. The van der Waals surface area contributed by atoms with Gasteiger partial charge in [0.05, 0.1) is 5.56 Å². The Balaban J connectivity index is 1.92. The Morgan fingerprint density at radius 2 is 2.22 bits per heavy atom. The van der Waals surface area contributed by atoms with E-state index in [2.05, 4.69) is 17.2 Å². The number of hydrogen-bond donors (Lipinski definition) is 1. The lowest BCUT2D eigenvalue weighted by atomic mass is 10.00. The molecule has 18 heavy (non-hydrogen) atoms. The van der Waals surface area contributed by atoms with Crippen LogP contribution in [0, 0.1) is 17.2 Å². The average molecular weight is 244 g/mol. The molecule has 0 aliphatic carbocycles. The highest BCUT2D eigenvalue weighted by Crippen LogP contribution is 2.16. The van der Waals surface area contributed by atoms with Crippen LogP contribution in [0.3, 0.4) is 0 Å². The molecule has 0 atom stereocenters.